The second-order valence-corrected chi connectivity index (χ2v) is 9.80. The van der Waals surface area contributed by atoms with Crippen molar-refractivity contribution in [2.75, 3.05) is 0 Å². The number of carboxylic acid groups (broad SMARTS) is 1. The number of carbonyl (C=O) groups is 3. The van der Waals surface area contributed by atoms with Gasteiger partial charge in [-0.05, 0) is 65.1 Å². The summed E-state index contributed by atoms with van der Waals surface area (Å²) in [7, 11) is 0. The van der Waals surface area contributed by atoms with Crippen molar-refractivity contribution < 1.29 is 45.0 Å². The van der Waals surface area contributed by atoms with E-state index in [9.17, 15) is 45.0 Å². The average Bonchev–Trinajstić information content (AvgIpc) is 2.84. The third-order valence-electron chi connectivity index (χ3n) is 7.48. The summed E-state index contributed by atoms with van der Waals surface area (Å²) in [6.07, 6.45) is 0. The Kier molecular flexibility index (Phi) is 4.99. The Balaban J connectivity index is 1.80. The van der Waals surface area contributed by atoms with Gasteiger partial charge in [-0.2, -0.15) is 0 Å². The fourth-order valence-corrected chi connectivity index (χ4v) is 6.05. The van der Waals surface area contributed by atoms with E-state index in [1.807, 2.05) is 0 Å². The molecule has 6 N–H and O–H groups in total. The highest BCUT2D eigenvalue weighted by Gasteiger charge is 2.46. The fraction of sp³-hybridized carbons (Fsp3) is 0.100. The maximum absolute atomic E-state index is 13.6. The van der Waals surface area contributed by atoms with Gasteiger partial charge >= 0.3 is 5.97 Å². The lowest BCUT2D eigenvalue weighted by molar-refractivity contribution is 0.0695. The largest absolute Gasteiger partial charge is 0.508 e. The van der Waals surface area contributed by atoms with Crippen molar-refractivity contribution in [2.24, 2.45) is 0 Å². The Bertz CT molecular complexity index is 1740. The number of aromatic carboxylic acids is 1. The Morgan fingerprint density at radius 3 is 1.77 bits per heavy atom. The third kappa shape index (κ3) is 3.29. The Hall–Kier alpha value is -5.31. The normalized spacial score (nSPS) is 17.2. The molecule has 6 rings (SSSR count). The summed E-state index contributed by atoms with van der Waals surface area (Å²) in [5, 5.41) is 63.4. The van der Waals surface area contributed by atoms with Crippen LogP contribution in [0.2, 0.25) is 0 Å². The van der Waals surface area contributed by atoms with Gasteiger partial charge in [-0.3, -0.25) is 9.59 Å². The summed E-state index contributed by atoms with van der Waals surface area (Å²) < 4.78 is 0. The Morgan fingerprint density at radius 1 is 0.615 bits per heavy atom. The molecule has 194 valence electrons. The van der Waals surface area contributed by atoms with E-state index in [1.54, 1.807) is 19.1 Å². The molecule has 0 unspecified atom stereocenters. The standard InChI is InChI=1S/C30H20O9/c1-11-5-15-23(17-9-13(31)10-21(35)27(17)29(37)25(15)19(33)6-11)22-14-3-2-4-18(32)24(14)28(36)26-16(22)7-12(30(38)39)8-20(26)34/h2-10,22-23,31-35H,1H3,(H,38,39)/t22-,23-/m0/s1. The van der Waals surface area contributed by atoms with Gasteiger partial charge in [0.05, 0.1) is 27.8 Å². The first-order valence-electron chi connectivity index (χ1n) is 11.9. The van der Waals surface area contributed by atoms with Crippen LogP contribution < -0.4 is 0 Å². The molecule has 9 nitrogen and oxygen atoms in total. The van der Waals surface area contributed by atoms with Crippen LogP contribution in [0.25, 0.3) is 0 Å². The summed E-state index contributed by atoms with van der Waals surface area (Å²) >= 11 is 0. The fourth-order valence-electron chi connectivity index (χ4n) is 6.05. The molecule has 0 aliphatic heterocycles. The SMILES string of the molecule is Cc1cc(O)c2c(c1)[C@H]([C@H]1c3cccc(O)c3C(=O)c3c(O)cc(C(=O)O)cc31)c1cc(O)cc(O)c1C2=O. The van der Waals surface area contributed by atoms with E-state index in [4.69, 9.17) is 0 Å². The number of rotatable bonds is 2. The first-order chi connectivity index (χ1) is 18.5. The molecule has 4 aromatic carbocycles. The molecule has 4 aromatic rings. The van der Waals surface area contributed by atoms with Crippen LogP contribution in [-0.4, -0.2) is 48.2 Å². The van der Waals surface area contributed by atoms with Crippen molar-refractivity contribution in [3.63, 3.8) is 0 Å². The number of phenols is 5. The number of carboxylic acids is 1. The lowest BCUT2D eigenvalue weighted by Gasteiger charge is -2.38. The van der Waals surface area contributed by atoms with Gasteiger partial charge in [0.15, 0.2) is 0 Å². The molecule has 0 heterocycles. The Morgan fingerprint density at radius 2 is 1.13 bits per heavy atom. The molecular weight excluding hydrogens is 504 g/mol. The molecule has 2 aliphatic carbocycles. The van der Waals surface area contributed by atoms with E-state index >= 15 is 0 Å². The highest BCUT2D eigenvalue weighted by molar-refractivity contribution is 6.18. The number of hydrogen-bond donors (Lipinski definition) is 6. The monoisotopic (exact) mass is 524 g/mol. The first kappa shape index (κ1) is 24.1. The predicted molar refractivity (Wildman–Crippen MR) is 136 cm³/mol. The molecule has 0 spiro atoms. The lowest BCUT2D eigenvalue weighted by Crippen LogP contribution is -2.30. The minimum Gasteiger partial charge on any atom is -0.508 e. The number of aromatic hydroxyl groups is 5. The van der Waals surface area contributed by atoms with Gasteiger partial charge in [0.1, 0.15) is 28.7 Å². The van der Waals surface area contributed by atoms with Crippen molar-refractivity contribution in [1.29, 1.82) is 0 Å². The van der Waals surface area contributed by atoms with Crippen LogP contribution in [0.15, 0.2) is 54.6 Å². The van der Waals surface area contributed by atoms with E-state index in [2.05, 4.69) is 0 Å². The number of carbonyl (C=O) groups excluding carboxylic acids is 2. The maximum atomic E-state index is 13.6. The van der Waals surface area contributed by atoms with Gasteiger partial charge < -0.3 is 30.6 Å². The van der Waals surface area contributed by atoms with Crippen molar-refractivity contribution in [1.82, 2.24) is 0 Å². The van der Waals surface area contributed by atoms with Crippen LogP contribution in [0.3, 0.4) is 0 Å². The summed E-state index contributed by atoms with van der Waals surface area (Å²) in [5.74, 6) is -6.94. The molecule has 0 bridgehead atoms. The molecule has 0 radical (unpaired) electrons. The quantitative estimate of drug-likeness (QED) is 0.224. The van der Waals surface area contributed by atoms with E-state index in [0.29, 0.717) is 11.1 Å². The van der Waals surface area contributed by atoms with Gasteiger partial charge in [-0.1, -0.05) is 18.2 Å². The molecule has 2 atom stereocenters. The number of benzene rings is 4. The highest BCUT2D eigenvalue weighted by Crippen LogP contribution is 2.56. The zero-order chi connectivity index (χ0) is 27.9. The van der Waals surface area contributed by atoms with Crippen molar-refractivity contribution in [3.05, 3.63) is 110 Å². The topological polar surface area (TPSA) is 173 Å². The maximum Gasteiger partial charge on any atom is 0.335 e. The number of phenolic OH excluding ortho intramolecular Hbond substituents is 5. The van der Waals surface area contributed by atoms with E-state index in [1.165, 1.54) is 30.3 Å². The molecule has 0 aromatic heterocycles. The van der Waals surface area contributed by atoms with Crippen LogP contribution in [-0.2, 0) is 0 Å². The van der Waals surface area contributed by atoms with Crippen LogP contribution in [0.4, 0.5) is 0 Å². The van der Waals surface area contributed by atoms with Crippen LogP contribution in [0.1, 0.15) is 81.9 Å². The Labute approximate surface area is 220 Å². The van der Waals surface area contributed by atoms with Crippen LogP contribution >= 0.6 is 0 Å². The summed E-state index contributed by atoms with van der Waals surface area (Å²) in [4.78, 5) is 39.1. The predicted octanol–water partition coefficient (Wildman–Crippen LogP) is 4.27. The van der Waals surface area contributed by atoms with Crippen LogP contribution in [0, 0.1) is 6.92 Å². The molecule has 0 amide bonds. The number of ketones is 2. The molecule has 2 aliphatic rings. The third-order valence-corrected chi connectivity index (χ3v) is 7.48. The zero-order valence-corrected chi connectivity index (χ0v) is 20.3. The second kappa shape index (κ2) is 8.09. The van der Waals surface area contributed by atoms with E-state index in [-0.39, 0.29) is 61.8 Å². The van der Waals surface area contributed by atoms with Gasteiger partial charge in [0.25, 0.3) is 0 Å². The summed E-state index contributed by atoms with van der Waals surface area (Å²) in [6.45, 7) is 1.70. The number of aryl methyl sites for hydroxylation is 1. The van der Waals surface area contributed by atoms with Crippen molar-refractivity contribution in [2.45, 2.75) is 18.8 Å². The molecular formula is C30H20O9. The van der Waals surface area contributed by atoms with E-state index < -0.39 is 40.9 Å². The molecule has 0 saturated heterocycles. The summed E-state index contributed by atoms with van der Waals surface area (Å²) in [6, 6.07) is 11.9. The van der Waals surface area contributed by atoms with Gasteiger partial charge in [-0.25, -0.2) is 4.79 Å². The number of fused-ring (bicyclic) bond motifs is 4. The van der Waals surface area contributed by atoms with E-state index in [0.717, 1.165) is 12.1 Å². The first-order valence-corrected chi connectivity index (χ1v) is 11.9. The molecule has 0 saturated carbocycles. The van der Waals surface area contributed by atoms with Gasteiger partial charge in [-0.15, -0.1) is 0 Å². The highest BCUT2D eigenvalue weighted by atomic mass is 16.4. The zero-order valence-electron chi connectivity index (χ0n) is 20.3. The minimum atomic E-state index is -1.36. The lowest BCUT2D eigenvalue weighted by atomic mass is 9.63. The number of hydrogen-bond acceptors (Lipinski definition) is 8. The second-order valence-electron chi connectivity index (χ2n) is 9.80. The molecule has 9 heteroatoms. The van der Waals surface area contributed by atoms with Crippen LogP contribution in [0.5, 0.6) is 28.7 Å². The smallest absolute Gasteiger partial charge is 0.335 e. The molecule has 0 fully saturated rings. The van der Waals surface area contributed by atoms with Crippen molar-refractivity contribution in [3.8, 4) is 28.7 Å². The minimum absolute atomic E-state index is 0.0992. The average molecular weight is 524 g/mol. The van der Waals surface area contributed by atoms with Crippen molar-refractivity contribution >= 4 is 17.5 Å². The van der Waals surface area contributed by atoms with Gasteiger partial charge in [0.2, 0.25) is 11.6 Å². The van der Waals surface area contributed by atoms with Gasteiger partial charge in [0, 0.05) is 17.9 Å². The summed E-state index contributed by atoms with van der Waals surface area (Å²) in [5.41, 5.74) is 0.513. The molecule has 39 heavy (non-hydrogen) atoms.